The van der Waals surface area contributed by atoms with Crippen LogP contribution in [0.5, 0.6) is 0 Å². The van der Waals surface area contributed by atoms with E-state index in [-0.39, 0.29) is 11.6 Å². The Balaban J connectivity index is 2.47. The number of benzene rings is 1. The highest BCUT2D eigenvalue weighted by molar-refractivity contribution is 7.99. The van der Waals surface area contributed by atoms with Crippen LogP contribution in [0.15, 0.2) is 29.6 Å². The first-order valence-corrected chi connectivity index (χ1v) is 7.19. The first kappa shape index (κ1) is 14.6. The molecule has 0 spiro atoms. The van der Waals surface area contributed by atoms with Crippen LogP contribution >= 0.6 is 11.8 Å². The summed E-state index contributed by atoms with van der Waals surface area (Å²) in [4.78, 5) is 14.9. The molecule has 0 atom stereocenters. The van der Waals surface area contributed by atoms with Gasteiger partial charge < -0.3 is 5.11 Å². The maximum Gasteiger partial charge on any atom is 0.313 e. The molecule has 0 aliphatic rings. The Hall–Kier alpha value is -1.82. The minimum absolute atomic E-state index is 0.104. The second kappa shape index (κ2) is 6.09. The van der Waals surface area contributed by atoms with Crippen molar-refractivity contribution in [3.63, 3.8) is 0 Å². The molecule has 2 aromatic rings. The molecule has 6 heteroatoms. The Labute approximate surface area is 120 Å². The summed E-state index contributed by atoms with van der Waals surface area (Å²) < 4.78 is 15.8. The predicted octanol–water partition coefficient (Wildman–Crippen LogP) is 3.06. The number of carbonyl (C=O) groups is 1. The van der Waals surface area contributed by atoms with E-state index in [9.17, 15) is 9.18 Å². The lowest BCUT2D eigenvalue weighted by Crippen LogP contribution is -2.06. The first-order valence-electron chi connectivity index (χ1n) is 6.20. The van der Waals surface area contributed by atoms with Gasteiger partial charge in [-0.05, 0) is 31.0 Å². The third-order valence-corrected chi connectivity index (χ3v) is 3.77. The minimum atomic E-state index is -0.924. The van der Waals surface area contributed by atoms with Gasteiger partial charge in [0.25, 0.3) is 0 Å². The van der Waals surface area contributed by atoms with E-state index < -0.39 is 5.97 Å². The van der Waals surface area contributed by atoms with Gasteiger partial charge in [0, 0.05) is 11.9 Å². The van der Waals surface area contributed by atoms with E-state index >= 15 is 0 Å². The maximum absolute atomic E-state index is 14.1. The number of rotatable bonds is 5. The summed E-state index contributed by atoms with van der Waals surface area (Å²) in [5, 5.41) is 9.25. The zero-order valence-electron chi connectivity index (χ0n) is 11.3. The van der Waals surface area contributed by atoms with E-state index in [1.807, 2.05) is 19.9 Å². The molecule has 2 rings (SSSR count). The summed E-state index contributed by atoms with van der Waals surface area (Å²) in [6, 6.07) is 4.97. The molecule has 1 aromatic heterocycles. The monoisotopic (exact) mass is 294 g/mol. The van der Waals surface area contributed by atoms with Crippen LogP contribution in [-0.2, 0) is 11.2 Å². The second-order valence-corrected chi connectivity index (χ2v) is 5.30. The molecule has 0 aliphatic heterocycles. The summed E-state index contributed by atoms with van der Waals surface area (Å²) >= 11 is 1.08. The molecule has 4 nitrogen and oxygen atoms in total. The minimum Gasteiger partial charge on any atom is -0.481 e. The van der Waals surface area contributed by atoms with Crippen molar-refractivity contribution in [2.75, 3.05) is 5.75 Å². The topological polar surface area (TPSA) is 55.1 Å². The van der Waals surface area contributed by atoms with Crippen molar-refractivity contribution in [3.05, 3.63) is 41.5 Å². The number of aryl methyl sites for hydroxylation is 2. The zero-order valence-corrected chi connectivity index (χ0v) is 12.1. The Bertz CT molecular complexity index is 640. The number of halogens is 1. The number of aliphatic carboxylic acids is 1. The van der Waals surface area contributed by atoms with Crippen LogP contribution in [0, 0.1) is 12.7 Å². The molecule has 0 radical (unpaired) electrons. The Morgan fingerprint density at radius 3 is 2.85 bits per heavy atom. The molecular weight excluding hydrogens is 279 g/mol. The fourth-order valence-corrected chi connectivity index (χ4v) is 2.62. The molecule has 106 valence electrons. The number of hydrogen-bond acceptors (Lipinski definition) is 3. The van der Waals surface area contributed by atoms with Gasteiger partial charge in [0.15, 0.2) is 5.16 Å². The first-order chi connectivity index (χ1) is 9.52. The lowest BCUT2D eigenvalue weighted by Gasteiger charge is -2.12. The lowest BCUT2D eigenvalue weighted by atomic mass is 10.2. The normalized spacial score (nSPS) is 10.8. The van der Waals surface area contributed by atoms with Crippen LogP contribution in [0.3, 0.4) is 0 Å². The van der Waals surface area contributed by atoms with Crippen molar-refractivity contribution in [1.82, 2.24) is 9.55 Å². The molecular formula is C14H15FN2O2S. The molecule has 0 saturated carbocycles. The van der Waals surface area contributed by atoms with Gasteiger partial charge in [0.1, 0.15) is 5.82 Å². The number of carboxylic acid groups (broad SMARTS) is 1. The fourth-order valence-electron chi connectivity index (χ4n) is 1.90. The van der Waals surface area contributed by atoms with E-state index in [1.54, 1.807) is 16.8 Å². The molecule has 0 saturated heterocycles. The molecule has 0 unspecified atom stereocenters. The summed E-state index contributed by atoms with van der Waals surface area (Å²) in [6.45, 7) is 3.77. The smallest absolute Gasteiger partial charge is 0.313 e. The van der Waals surface area contributed by atoms with Gasteiger partial charge in [-0.1, -0.05) is 24.8 Å². The molecule has 20 heavy (non-hydrogen) atoms. The van der Waals surface area contributed by atoms with Gasteiger partial charge in [-0.2, -0.15) is 0 Å². The van der Waals surface area contributed by atoms with Crippen LogP contribution in [0.25, 0.3) is 5.69 Å². The molecule has 0 amide bonds. The largest absolute Gasteiger partial charge is 0.481 e. The van der Waals surface area contributed by atoms with Crippen molar-refractivity contribution >= 4 is 17.7 Å². The third kappa shape index (κ3) is 3.01. The van der Waals surface area contributed by atoms with E-state index in [2.05, 4.69) is 4.98 Å². The zero-order chi connectivity index (χ0) is 14.7. The lowest BCUT2D eigenvalue weighted by molar-refractivity contribution is -0.133. The van der Waals surface area contributed by atoms with E-state index in [0.717, 1.165) is 23.0 Å². The Kier molecular flexibility index (Phi) is 4.44. The molecule has 0 fully saturated rings. The highest BCUT2D eigenvalue weighted by Crippen LogP contribution is 2.25. The second-order valence-electron chi connectivity index (χ2n) is 4.36. The SMILES string of the molecule is CCc1cnc(SCC(=O)O)n1-c1ccc(C)cc1F. The number of aromatic nitrogens is 2. The van der Waals surface area contributed by atoms with Gasteiger partial charge in [-0.25, -0.2) is 9.37 Å². The summed E-state index contributed by atoms with van der Waals surface area (Å²) in [5.41, 5.74) is 2.09. The van der Waals surface area contributed by atoms with Crippen molar-refractivity contribution in [3.8, 4) is 5.69 Å². The molecule has 0 aliphatic carbocycles. The van der Waals surface area contributed by atoms with Crippen LogP contribution in [0.2, 0.25) is 0 Å². The average Bonchev–Trinajstić information content (AvgIpc) is 2.79. The highest BCUT2D eigenvalue weighted by atomic mass is 32.2. The van der Waals surface area contributed by atoms with Crippen LogP contribution in [0.1, 0.15) is 18.2 Å². The van der Waals surface area contributed by atoms with Gasteiger partial charge in [0.2, 0.25) is 0 Å². The van der Waals surface area contributed by atoms with E-state index in [4.69, 9.17) is 5.11 Å². The maximum atomic E-state index is 14.1. The predicted molar refractivity (Wildman–Crippen MR) is 76.0 cm³/mol. The van der Waals surface area contributed by atoms with Gasteiger partial charge in [-0.3, -0.25) is 9.36 Å². The molecule has 1 heterocycles. The van der Waals surface area contributed by atoms with Gasteiger partial charge in [0.05, 0.1) is 11.4 Å². The number of imidazole rings is 1. The Morgan fingerprint density at radius 2 is 2.25 bits per heavy atom. The van der Waals surface area contributed by atoms with Crippen molar-refractivity contribution in [1.29, 1.82) is 0 Å². The standard InChI is InChI=1S/C14H15FN2O2S/c1-3-10-7-16-14(20-8-13(18)19)17(10)12-5-4-9(2)6-11(12)15/h4-7H,3,8H2,1-2H3,(H,18,19). The fraction of sp³-hybridized carbons (Fsp3) is 0.286. The molecule has 0 bridgehead atoms. The highest BCUT2D eigenvalue weighted by Gasteiger charge is 2.15. The number of nitrogens with zero attached hydrogens (tertiary/aromatic N) is 2. The van der Waals surface area contributed by atoms with Crippen LogP contribution < -0.4 is 0 Å². The number of hydrogen-bond donors (Lipinski definition) is 1. The summed E-state index contributed by atoms with van der Waals surface area (Å²) in [5.74, 6) is -1.37. The quantitative estimate of drug-likeness (QED) is 0.861. The van der Waals surface area contributed by atoms with Crippen LogP contribution in [0.4, 0.5) is 4.39 Å². The number of carboxylic acids is 1. The molecule has 1 aromatic carbocycles. The van der Waals surface area contributed by atoms with E-state index in [1.165, 1.54) is 6.07 Å². The van der Waals surface area contributed by atoms with Crippen molar-refractivity contribution in [2.45, 2.75) is 25.4 Å². The molecule has 1 N–H and O–H groups in total. The summed E-state index contributed by atoms with van der Waals surface area (Å²) in [7, 11) is 0. The number of thioether (sulfide) groups is 1. The summed E-state index contributed by atoms with van der Waals surface area (Å²) in [6.07, 6.45) is 2.34. The third-order valence-electron chi connectivity index (χ3n) is 2.83. The van der Waals surface area contributed by atoms with Crippen molar-refractivity contribution in [2.24, 2.45) is 0 Å². The van der Waals surface area contributed by atoms with Crippen molar-refractivity contribution < 1.29 is 14.3 Å². The van der Waals surface area contributed by atoms with Gasteiger partial charge >= 0.3 is 5.97 Å². The Morgan fingerprint density at radius 1 is 1.50 bits per heavy atom. The van der Waals surface area contributed by atoms with E-state index in [0.29, 0.717) is 17.3 Å². The van der Waals surface area contributed by atoms with Gasteiger partial charge in [-0.15, -0.1) is 0 Å². The average molecular weight is 294 g/mol. The van der Waals surface area contributed by atoms with Crippen LogP contribution in [-0.4, -0.2) is 26.4 Å².